The highest BCUT2D eigenvalue weighted by Gasteiger charge is 2.22. The van der Waals surface area contributed by atoms with Crippen LogP contribution in [-0.2, 0) is 16.0 Å². The van der Waals surface area contributed by atoms with Crippen molar-refractivity contribution >= 4 is 11.9 Å². The molecule has 1 aromatic heterocycles. The molecule has 3 N–H and O–H groups in total. The van der Waals surface area contributed by atoms with Crippen LogP contribution in [0.2, 0.25) is 0 Å². The summed E-state index contributed by atoms with van der Waals surface area (Å²) < 4.78 is 4.86. The molecule has 1 rings (SSSR count). The number of aromatic nitrogens is 3. The van der Waals surface area contributed by atoms with Crippen molar-refractivity contribution in [3.63, 3.8) is 0 Å². The molecule has 1 aromatic rings. The maximum atomic E-state index is 11.9. The molecule has 0 aliphatic carbocycles. The van der Waals surface area contributed by atoms with Gasteiger partial charge in [-0.3, -0.25) is 9.89 Å². The van der Waals surface area contributed by atoms with E-state index in [-0.39, 0.29) is 5.82 Å². The van der Waals surface area contributed by atoms with Crippen molar-refractivity contribution in [2.45, 2.75) is 38.6 Å². The molecule has 0 aliphatic heterocycles. The zero-order valence-electron chi connectivity index (χ0n) is 11.7. The Bertz CT molecular complexity index is 446. The van der Waals surface area contributed by atoms with E-state index in [0.29, 0.717) is 31.7 Å². The first-order chi connectivity index (χ1) is 9.58. The van der Waals surface area contributed by atoms with Gasteiger partial charge in [-0.05, 0) is 19.3 Å². The van der Waals surface area contributed by atoms with Crippen LogP contribution in [0.4, 0.5) is 0 Å². The van der Waals surface area contributed by atoms with E-state index in [1.54, 1.807) is 0 Å². The van der Waals surface area contributed by atoms with Crippen molar-refractivity contribution in [1.29, 1.82) is 0 Å². The molecule has 0 saturated heterocycles. The van der Waals surface area contributed by atoms with Gasteiger partial charge in [0.25, 0.3) is 5.91 Å². The van der Waals surface area contributed by atoms with Crippen LogP contribution >= 0.6 is 0 Å². The molecule has 8 heteroatoms. The van der Waals surface area contributed by atoms with Crippen molar-refractivity contribution in [2.24, 2.45) is 0 Å². The molecule has 1 atom stereocenters. The highest BCUT2D eigenvalue weighted by molar-refractivity contribution is 5.93. The minimum absolute atomic E-state index is 0.0357. The predicted molar refractivity (Wildman–Crippen MR) is 70.4 cm³/mol. The molecule has 0 bridgehead atoms. The third-order valence-corrected chi connectivity index (χ3v) is 2.67. The van der Waals surface area contributed by atoms with Crippen LogP contribution < -0.4 is 5.32 Å². The number of ether oxygens (including phenoxy) is 1. The van der Waals surface area contributed by atoms with E-state index in [1.807, 2.05) is 6.92 Å². The van der Waals surface area contributed by atoms with E-state index in [9.17, 15) is 9.59 Å². The number of H-pyrrole nitrogens is 1. The maximum absolute atomic E-state index is 11.9. The average Bonchev–Trinajstić information content (AvgIpc) is 2.86. The van der Waals surface area contributed by atoms with Crippen molar-refractivity contribution in [2.75, 3.05) is 13.7 Å². The highest BCUT2D eigenvalue weighted by Crippen LogP contribution is 2.01. The molecule has 0 aromatic carbocycles. The summed E-state index contributed by atoms with van der Waals surface area (Å²) in [5.74, 6) is -1.09. The number of methoxy groups -OCH3 is 1. The van der Waals surface area contributed by atoms with Gasteiger partial charge in [0.2, 0.25) is 5.82 Å². The van der Waals surface area contributed by atoms with Gasteiger partial charge in [0.1, 0.15) is 11.9 Å². The number of rotatable bonds is 9. The zero-order chi connectivity index (χ0) is 15.0. The summed E-state index contributed by atoms with van der Waals surface area (Å²) in [4.78, 5) is 26.9. The lowest BCUT2D eigenvalue weighted by molar-refractivity contribution is -0.139. The summed E-state index contributed by atoms with van der Waals surface area (Å²) >= 11 is 0. The number of carboxylic acid groups (broad SMARTS) is 1. The molecule has 0 fully saturated rings. The van der Waals surface area contributed by atoms with Gasteiger partial charge < -0.3 is 15.2 Å². The fourth-order valence-corrected chi connectivity index (χ4v) is 1.66. The third kappa shape index (κ3) is 4.96. The lowest BCUT2D eigenvalue weighted by atomic mass is 10.1. The second-order valence-corrected chi connectivity index (χ2v) is 4.36. The number of aryl methyl sites for hydroxylation is 1. The summed E-state index contributed by atoms with van der Waals surface area (Å²) in [5, 5.41) is 17.9. The molecule has 0 radical (unpaired) electrons. The summed E-state index contributed by atoms with van der Waals surface area (Å²) in [5.41, 5.74) is 0. The first-order valence-electron chi connectivity index (χ1n) is 6.52. The Kier molecular flexibility index (Phi) is 6.65. The third-order valence-electron chi connectivity index (χ3n) is 2.67. The summed E-state index contributed by atoms with van der Waals surface area (Å²) in [6.45, 7) is 2.43. The number of aliphatic carboxylic acids is 1. The van der Waals surface area contributed by atoms with Gasteiger partial charge in [0.15, 0.2) is 0 Å². The second kappa shape index (κ2) is 8.26. The molecule has 0 aliphatic rings. The molecule has 8 nitrogen and oxygen atoms in total. The standard InChI is InChI=1S/C12H20N4O4/c1-3-5-9-14-10(16-15-9)11(17)13-8(12(18)19)6-4-7-20-2/h8H,3-7H2,1-2H3,(H,13,17)(H,18,19)(H,14,15,16). The number of hydrogen-bond acceptors (Lipinski definition) is 5. The molecule has 112 valence electrons. The Morgan fingerprint density at radius 1 is 1.50 bits per heavy atom. The van der Waals surface area contributed by atoms with Crippen LogP contribution in [0, 0.1) is 0 Å². The quantitative estimate of drug-likeness (QED) is 0.564. The summed E-state index contributed by atoms with van der Waals surface area (Å²) in [6.07, 6.45) is 2.41. The summed E-state index contributed by atoms with van der Waals surface area (Å²) in [7, 11) is 1.54. The fraction of sp³-hybridized carbons (Fsp3) is 0.667. The van der Waals surface area contributed by atoms with Gasteiger partial charge in [0, 0.05) is 20.1 Å². The van der Waals surface area contributed by atoms with E-state index in [0.717, 1.165) is 6.42 Å². The second-order valence-electron chi connectivity index (χ2n) is 4.36. The minimum Gasteiger partial charge on any atom is -0.480 e. The first kappa shape index (κ1) is 16.1. The van der Waals surface area contributed by atoms with Gasteiger partial charge in [-0.2, -0.15) is 0 Å². The molecule has 0 spiro atoms. The number of carboxylic acids is 1. The number of hydrogen-bond donors (Lipinski definition) is 3. The topological polar surface area (TPSA) is 117 Å². The largest absolute Gasteiger partial charge is 0.480 e. The Labute approximate surface area is 116 Å². The molecule has 0 saturated carbocycles. The molecule has 1 unspecified atom stereocenters. The Morgan fingerprint density at radius 2 is 2.25 bits per heavy atom. The van der Waals surface area contributed by atoms with Crippen molar-refractivity contribution in [3.05, 3.63) is 11.6 Å². The van der Waals surface area contributed by atoms with E-state index in [2.05, 4.69) is 20.5 Å². The Balaban J connectivity index is 2.57. The summed E-state index contributed by atoms with van der Waals surface area (Å²) in [6, 6.07) is -0.967. The van der Waals surface area contributed by atoms with Crippen LogP contribution in [0.1, 0.15) is 42.6 Å². The van der Waals surface area contributed by atoms with Crippen LogP contribution in [0.15, 0.2) is 0 Å². The van der Waals surface area contributed by atoms with Gasteiger partial charge in [-0.15, -0.1) is 5.10 Å². The van der Waals surface area contributed by atoms with Crippen LogP contribution in [-0.4, -0.2) is 51.9 Å². The number of aromatic amines is 1. The smallest absolute Gasteiger partial charge is 0.326 e. The SMILES string of the molecule is CCCc1nc(C(=O)NC(CCCOC)C(=O)O)n[nH]1. The monoisotopic (exact) mass is 284 g/mol. The lowest BCUT2D eigenvalue weighted by Gasteiger charge is -2.12. The lowest BCUT2D eigenvalue weighted by Crippen LogP contribution is -2.41. The van der Waals surface area contributed by atoms with Gasteiger partial charge >= 0.3 is 5.97 Å². The molecule has 1 amide bonds. The first-order valence-corrected chi connectivity index (χ1v) is 6.52. The molecular weight excluding hydrogens is 264 g/mol. The maximum Gasteiger partial charge on any atom is 0.326 e. The van der Waals surface area contributed by atoms with E-state index in [4.69, 9.17) is 9.84 Å². The highest BCUT2D eigenvalue weighted by atomic mass is 16.5. The molecule has 1 heterocycles. The Hall–Kier alpha value is -1.96. The normalized spacial score (nSPS) is 12.1. The minimum atomic E-state index is -1.08. The van der Waals surface area contributed by atoms with E-state index < -0.39 is 17.9 Å². The van der Waals surface area contributed by atoms with Gasteiger partial charge in [-0.1, -0.05) is 6.92 Å². The fourth-order valence-electron chi connectivity index (χ4n) is 1.66. The van der Waals surface area contributed by atoms with Gasteiger partial charge in [0.05, 0.1) is 0 Å². The van der Waals surface area contributed by atoms with Crippen LogP contribution in [0.5, 0.6) is 0 Å². The van der Waals surface area contributed by atoms with E-state index in [1.165, 1.54) is 7.11 Å². The number of nitrogens with zero attached hydrogens (tertiary/aromatic N) is 2. The molecular formula is C12H20N4O4. The Morgan fingerprint density at radius 3 is 2.85 bits per heavy atom. The van der Waals surface area contributed by atoms with Crippen molar-refractivity contribution < 1.29 is 19.4 Å². The zero-order valence-corrected chi connectivity index (χ0v) is 11.7. The number of carbonyl (C=O) groups excluding carboxylic acids is 1. The molecule has 20 heavy (non-hydrogen) atoms. The van der Waals surface area contributed by atoms with Gasteiger partial charge in [-0.25, -0.2) is 9.78 Å². The number of amides is 1. The van der Waals surface area contributed by atoms with Crippen LogP contribution in [0.25, 0.3) is 0 Å². The van der Waals surface area contributed by atoms with E-state index >= 15 is 0 Å². The van der Waals surface area contributed by atoms with Crippen molar-refractivity contribution in [1.82, 2.24) is 20.5 Å². The number of nitrogens with one attached hydrogen (secondary N) is 2. The predicted octanol–water partition coefficient (Wildman–Crippen LogP) is 0.367. The van der Waals surface area contributed by atoms with Crippen molar-refractivity contribution in [3.8, 4) is 0 Å². The number of carbonyl (C=O) groups is 2. The average molecular weight is 284 g/mol. The van der Waals surface area contributed by atoms with Crippen LogP contribution in [0.3, 0.4) is 0 Å².